The van der Waals surface area contributed by atoms with E-state index in [9.17, 15) is 0 Å². The first-order valence-corrected chi connectivity index (χ1v) is 6.18. The number of hydrogen-bond acceptors (Lipinski definition) is 2. The van der Waals surface area contributed by atoms with E-state index in [4.69, 9.17) is 28.3 Å². The smallest absolute Gasteiger partial charge is 0.0524 e. The highest BCUT2D eigenvalue weighted by molar-refractivity contribution is 6.35. The van der Waals surface area contributed by atoms with Crippen LogP contribution in [0.2, 0.25) is 10.0 Å². The van der Waals surface area contributed by atoms with Crippen molar-refractivity contribution < 1.29 is 5.11 Å². The molecule has 4 heteroatoms. The summed E-state index contributed by atoms with van der Waals surface area (Å²) in [6.07, 6.45) is 1.40. The van der Waals surface area contributed by atoms with E-state index in [0.29, 0.717) is 10.0 Å². The Labute approximate surface area is 107 Å². The van der Waals surface area contributed by atoms with Crippen LogP contribution in [0.3, 0.4) is 0 Å². The maximum atomic E-state index is 9.07. The van der Waals surface area contributed by atoms with Crippen molar-refractivity contribution in [3.8, 4) is 0 Å². The van der Waals surface area contributed by atoms with E-state index in [2.05, 4.69) is 5.32 Å². The highest BCUT2D eigenvalue weighted by Gasteiger charge is 2.01. The molecular formula is C12H17Cl2NO. The lowest BCUT2D eigenvalue weighted by Gasteiger charge is -2.07. The molecule has 0 radical (unpaired) electrons. The molecule has 2 N–H and O–H groups in total. The summed E-state index contributed by atoms with van der Waals surface area (Å²) in [5.74, 6) is 0. The molecule has 1 aromatic rings. The molecule has 1 atom stereocenters. The lowest BCUT2D eigenvalue weighted by molar-refractivity contribution is 0.184. The van der Waals surface area contributed by atoms with Crippen LogP contribution in [-0.2, 0) is 6.42 Å². The first-order chi connectivity index (χ1) is 7.59. The molecule has 0 fully saturated rings. The topological polar surface area (TPSA) is 32.3 Å². The summed E-state index contributed by atoms with van der Waals surface area (Å²) in [7, 11) is 0. The third kappa shape index (κ3) is 5.17. The van der Waals surface area contributed by atoms with Crippen LogP contribution in [0, 0.1) is 0 Å². The van der Waals surface area contributed by atoms with Gasteiger partial charge in [0, 0.05) is 10.0 Å². The molecule has 0 amide bonds. The second kappa shape index (κ2) is 7.13. The molecule has 0 aliphatic carbocycles. The Hall–Kier alpha value is -0.280. The van der Waals surface area contributed by atoms with Crippen molar-refractivity contribution in [3.05, 3.63) is 33.8 Å². The summed E-state index contributed by atoms with van der Waals surface area (Å²) in [4.78, 5) is 0. The van der Waals surface area contributed by atoms with Gasteiger partial charge in [-0.05, 0) is 50.6 Å². The van der Waals surface area contributed by atoms with Crippen molar-refractivity contribution in [1.29, 1.82) is 0 Å². The lowest BCUT2D eigenvalue weighted by atomic mass is 10.1. The van der Waals surface area contributed by atoms with Gasteiger partial charge in [0.1, 0.15) is 0 Å². The number of rotatable bonds is 6. The number of aliphatic hydroxyl groups is 1. The van der Waals surface area contributed by atoms with Crippen molar-refractivity contribution in [1.82, 2.24) is 5.32 Å². The van der Waals surface area contributed by atoms with Gasteiger partial charge in [0.15, 0.2) is 0 Å². The molecule has 90 valence electrons. The first-order valence-electron chi connectivity index (χ1n) is 5.42. The van der Waals surface area contributed by atoms with Gasteiger partial charge in [-0.3, -0.25) is 0 Å². The van der Waals surface area contributed by atoms with E-state index in [-0.39, 0.29) is 6.10 Å². The molecule has 0 aromatic heterocycles. The minimum Gasteiger partial charge on any atom is -0.393 e. The molecule has 16 heavy (non-hydrogen) atoms. The number of nitrogens with one attached hydrogen (secondary N) is 1. The van der Waals surface area contributed by atoms with Crippen LogP contribution in [0.5, 0.6) is 0 Å². The average molecular weight is 262 g/mol. The number of benzene rings is 1. The van der Waals surface area contributed by atoms with Gasteiger partial charge in [-0.1, -0.05) is 29.3 Å². The highest BCUT2D eigenvalue weighted by Crippen LogP contribution is 2.20. The molecule has 2 nitrogen and oxygen atoms in total. The summed E-state index contributed by atoms with van der Waals surface area (Å²) in [5, 5.41) is 13.7. The first kappa shape index (κ1) is 13.8. The summed E-state index contributed by atoms with van der Waals surface area (Å²) in [6, 6.07) is 5.55. The fourth-order valence-corrected chi connectivity index (χ4v) is 1.89. The van der Waals surface area contributed by atoms with Gasteiger partial charge >= 0.3 is 0 Å². The van der Waals surface area contributed by atoms with E-state index in [1.165, 1.54) is 0 Å². The average Bonchev–Trinajstić information content (AvgIpc) is 2.20. The van der Waals surface area contributed by atoms with Crippen molar-refractivity contribution in [2.24, 2.45) is 0 Å². The Kier molecular flexibility index (Phi) is 6.14. The third-order valence-corrected chi connectivity index (χ3v) is 2.91. The number of aliphatic hydroxyl groups excluding tert-OH is 1. The van der Waals surface area contributed by atoms with Crippen LogP contribution < -0.4 is 5.32 Å². The SMILES string of the molecule is CC(O)CCNCCc1ccc(Cl)cc1Cl. The molecule has 0 heterocycles. The molecule has 0 aliphatic rings. The zero-order valence-corrected chi connectivity index (χ0v) is 10.9. The minimum absolute atomic E-state index is 0.244. The van der Waals surface area contributed by atoms with E-state index in [1.54, 1.807) is 13.0 Å². The normalized spacial score (nSPS) is 12.8. The van der Waals surface area contributed by atoms with Crippen LogP contribution in [0.4, 0.5) is 0 Å². The summed E-state index contributed by atoms with van der Waals surface area (Å²) in [5.41, 5.74) is 1.09. The Morgan fingerprint density at radius 2 is 2.06 bits per heavy atom. The molecule has 0 saturated carbocycles. The van der Waals surface area contributed by atoms with Crippen LogP contribution >= 0.6 is 23.2 Å². The maximum Gasteiger partial charge on any atom is 0.0524 e. The number of hydrogen-bond donors (Lipinski definition) is 2. The van der Waals surface area contributed by atoms with Crippen LogP contribution in [0.15, 0.2) is 18.2 Å². The Balaban J connectivity index is 2.27. The van der Waals surface area contributed by atoms with Crippen molar-refractivity contribution in [2.75, 3.05) is 13.1 Å². The standard InChI is InChI=1S/C12H17Cl2NO/c1-9(16)4-6-15-7-5-10-2-3-11(13)8-12(10)14/h2-3,8-9,15-16H,4-7H2,1H3. The molecule has 0 saturated heterocycles. The van der Waals surface area contributed by atoms with E-state index >= 15 is 0 Å². The molecule has 0 bridgehead atoms. The van der Waals surface area contributed by atoms with Gasteiger partial charge in [0.25, 0.3) is 0 Å². The van der Waals surface area contributed by atoms with Gasteiger partial charge in [0.2, 0.25) is 0 Å². The summed E-state index contributed by atoms with van der Waals surface area (Å²) < 4.78 is 0. The van der Waals surface area contributed by atoms with Crippen molar-refractivity contribution in [3.63, 3.8) is 0 Å². The molecule has 1 aromatic carbocycles. The van der Waals surface area contributed by atoms with Crippen LogP contribution in [0.25, 0.3) is 0 Å². The predicted octanol–water partition coefficient (Wildman–Crippen LogP) is 2.90. The van der Waals surface area contributed by atoms with Gasteiger partial charge in [-0.2, -0.15) is 0 Å². The Morgan fingerprint density at radius 3 is 2.69 bits per heavy atom. The molecule has 1 rings (SSSR count). The monoisotopic (exact) mass is 261 g/mol. The molecule has 1 unspecified atom stereocenters. The summed E-state index contributed by atoms with van der Waals surface area (Å²) >= 11 is 11.8. The van der Waals surface area contributed by atoms with Gasteiger partial charge in [-0.15, -0.1) is 0 Å². The molecular weight excluding hydrogens is 245 g/mol. The summed E-state index contributed by atoms with van der Waals surface area (Å²) in [6.45, 7) is 3.47. The second-order valence-electron chi connectivity index (χ2n) is 3.87. The zero-order valence-electron chi connectivity index (χ0n) is 9.34. The quantitative estimate of drug-likeness (QED) is 0.772. The number of halogens is 2. The third-order valence-electron chi connectivity index (χ3n) is 2.33. The van der Waals surface area contributed by atoms with E-state index in [1.807, 2.05) is 12.1 Å². The molecule has 0 spiro atoms. The molecule has 0 aliphatic heterocycles. The van der Waals surface area contributed by atoms with Gasteiger partial charge in [-0.25, -0.2) is 0 Å². The van der Waals surface area contributed by atoms with Gasteiger partial charge < -0.3 is 10.4 Å². The highest BCUT2D eigenvalue weighted by atomic mass is 35.5. The fourth-order valence-electron chi connectivity index (χ4n) is 1.38. The lowest BCUT2D eigenvalue weighted by Crippen LogP contribution is -2.21. The predicted molar refractivity (Wildman–Crippen MR) is 69.3 cm³/mol. The van der Waals surface area contributed by atoms with Crippen LogP contribution in [-0.4, -0.2) is 24.3 Å². The van der Waals surface area contributed by atoms with Gasteiger partial charge in [0.05, 0.1) is 6.10 Å². The maximum absolute atomic E-state index is 9.07. The zero-order chi connectivity index (χ0) is 12.0. The van der Waals surface area contributed by atoms with Crippen molar-refractivity contribution in [2.45, 2.75) is 25.9 Å². The van der Waals surface area contributed by atoms with E-state index in [0.717, 1.165) is 31.5 Å². The van der Waals surface area contributed by atoms with E-state index < -0.39 is 0 Å². The minimum atomic E-state index is -0.244. The van der Waals surface area contributed by atoms with Crippen molar-refractivity contribution >= 4 is 23.2 Å². The Bertz CT molecular complexity index is 329. The second-order valence-corrected chi connectivity index (χ2v) is 4.72. The van der Waals surface area contributed by atoms with Crippen LogP contribution in [0.1, 0.15) is 18.9 Å². The Morgan fingerprint density at radius 1 is 1.31 bits per heavy atom. The fraction of sp³-hybridized carbons (Fsp3) is 0.500. The largest absolute Gasteiger partial charge is 0.393 e.